The molecule has 2 rings (SSSR count). The average molecular weight is 279 g/mol. The first-order valence-electron chi connectivity index (χ1n) is 6.64. The van der Waals surface area contributed by atoms with Gasteiger partial charge in [0.2, 0.25) is 0 Å². The molecule has 0 saturated heterocycles. The molecule has 20 heavy (non-hydrogen) atoms. The lowest BCUT2D eigenvalue weighted by Crippen LogP contribution is -2.18. The maximum absolute atomic E-state index is 14.0. The number of nitrogens with two attached hydrogens (primary N) is 1. The monoisotopic (exact) mass is 279 g/mol. The fraction of sp³-hybridized carbons (Fsp3) is 0.400. The third kappa shape index (κ3) is 2.88. The molecule has 3 nitrogen and oxygen atoms in total. The van der Waals surface area contributed by atoms with Crippen LogP contribution in [0.15, 0.2) is 24.4 Å². The lowest BCUT2D eigenvalue weighted by Gasteiger charge is -2.14. The van der Waals surface area contributed by atoms with Crippen molar-refractivity contribution in [2.45, 2.75) is 39.3 Å². The van der Waals surface area contributed by atoms with Crippen LogP contribution in [0, 0.1) is 18.6 Å². The van der Waals surface area contributed by atoms with E-state index in [1.165, 1.54) is 12.1 Å². The summed E-state index contributed by atoms with van der Waals surface area (Å²) >= 11 is 0. The third-order valence-corrected chi connectivity index (χ3v) is 3.31. The molecular weight excluding hydrogens is 260 g/mol. The van der Waals surface area contributed by atoms with Gasteiger partial charge < -0.3 is 5.73 Å². The minimum Gasteiger partial charge on any atom is -0.323 e. The van der Waals surface area contributed by atoms with Crippen molar-refractivity contribution in [3.63, 3.8) is 0 Å². The van der Waals surface area contributed by atoms with Crippen molar-refractivity contribution in [1.29, 1.82) is 0 Å². The van der Waals surface area contributed by atoms with Crippen molar-refractivity contribution in [3.05, 3.63) is 52.9 Å². The molecule has 1 aromatic heterocycles. The van der Waals surface area contributed by atoms with Crippen LogP contribution in [0.4, 0.5) is 8.78 Å². The maximum atomic E-state index is 14.0. The summed E-state index contributed by atoms with van der Waals surface area (Å²) in [6.45, 7) is 5.62. The van der Waals surface area contributed by atoms with Gasteiger partial charge in [-0.2, -0.15) is 5.10 Å². The van der Waals surface area contributed by atoms with Crippen molar-refractivity contribution in [2.24, 2.45) is 5.73 Å². The molecule has 0 aliphatic heterocycles. The number of halogens is 2. The summed E-state index contributed by atoms with van der Waals surface area (Å²) in [4.78, 5) is 0. The molecule has 1 aromatic carbocycles. The van der Waals surface area contributed by atoms with Crippen LogP contribution < -0.4 is 5.73 Å². The van der Waals surface area contributed by atoms with Crippen LogP contribution in [0.2, 0.25) is 0 Å². The number of nitrogens with zero attached hydrogens (tertiary/aromatic N) is 2. The Hall–Kier alpha value is -1.75. The normalized spacial score (nSPS) is 12.9. The van der Waals surface area contributed by atoms with Crippen molar-refractivity contribution >= 4 is 0 Å². The van der Waals surface area contributed by atoms with Crippen LogP contribution in [-0.2, 0) is 6.42 Å². The third-order valence-electron chi connectivity index (χ3n) is 3.31. The largest absolute Gasteiger partial charge is 0.323 e. The summed E-state index contributed by atoms with van der Waals surface area (Å²) < 4.78 is 29.6. The first kappa shape index (κ1) is 14.7. The highest BCUT2D eigenvalue weighted by molar-refractivity contribution is 5.29. The van der Waals surface area contributed by atoms with Crippen LogP contribution in [0.25, 0.3) is 0 Å². The molecule has 0 amide bonds. The summed E-state index contributed by atoms with van der Waals surface area (Å²) in [6.07, 6.45) is 2.15. The molecule has 5 heteroatoms. The minimum absolute atomic E-state index is 0.0657. The zero-order chi connectivity index (χ0) is 14.9. The Morgan fingerprint density at radius 1 is 1.25 bits per heavy atom. The first-order valence-corrected chi connectivity index (χ1v) is 6.64. The SMILES string of the molecule is Cc1ccc(F)c(C(N)Cc2ccn(C(C)C)n2)c1F. The molecule has 108 valence electrons. The molecule has 0 saturated carbocycles. The predicted molar refractivity (Wildman–Crippen MR) is 74.3 cm³/mol. The van der Waals surface area contributed by atoms with Gasteiger partial charge in [0, 0.05) is 30.3 Å². The summed E-state index contributed by atoms with van der Waals surface area (Å²) in [5, 5.41) is 4.35. The average Bonchev–Trinajstić information content (AvgIpc) is 2.83. The second-order valence-corrected chi connectivity index (χ2v) is 5.28. The molecule has 0 fully saturated rings. The highest BCUT2D eigenvalue weighted by atomic mass is 19.1. The standard InChI is InChI=1S/C15H19F2N3/c1-9(2)20-7-6-11(19-20)8-13(18)14-12(16)5-4-10(3)15(14)17/h4-7,9,13H,8,18H2,1-3H3. The molecule has 0 aliphatic carbocycles. The minimum atomic E-state index is -0.745. The van der Waals surface area contributed by atoms with E-state index in [0.29, 0.717) is 12.0 Å². The van der Waals surface area contributed by atoms with E-state index in [2.05, 4.69) is 5.10 Å². The highest BCUT2D eigenvalue weighted by Gasteiger charge is 2.19. The molecule has 0 aliphatic rings. The Balaban J connectivity index is 2.23. The molecule has 1 heterocycles. The van der Waals surface area contributed by atoms with Crippen LogP contribution >= 0.6 is 0 Å². The Morgan fingerprint density at radius 2 is 1.95 bits per heavy atom. The molecule has 0 spiro atoms. The summed E-state index contributed by atoms with van der Waals surface area (Å²) in [5.41, 5.74) is 7.01. The number of hydrogen-bond acceptors (Lipinski definition) is 2. The number of benzene rings is 1. The van der Waals surface area contributed by atoms with E-state index >= 15 is 0 Å². The van der Waals surface area contributed by atoms with E-state index in [-0.39, 0.29) is 11.6 Å². The van der Waals surface area contributed by atoms with E-state index < -0.39 is 17.7 Å². The Bertz CT molecular complexity index is 605. The Morgan fingerprint density at radius 3 is 2.55 bits per heavy atom. The van der Waals surface area contributed by atoms with Crippen LogP contribution in [0.5, 0.6) is 0 Å². The van der Waals surface area contributed by atoms with Gasteiger partial charge in [0.05, 0.1) is 5.69 Å². The number of hydrogen-bond donors (Lipinski definition) is 1. The summed E-state index contributed by atoms with van der Waals surface area (Å²) in [6, 6.07) is 3.98. The highest BCUT2D eigenvalue weighted by Crippen LogP contribution is 2.24. The van der Waals surface area contributed by atoms with Crippen molar-refractivity contribution in [2.75, 3.05) is 0 Å². The topological polar surface area (TPSA) is 43.8 Å². The number of aromatic nitrogens is 2. The quantitative estimate of drug-likeness (QED) is 0.933. The van der Waals surface area contributed by atoms with Gasteiger partial charge in [0.15, 0.2) is 0 Å². The van der Waals surface area contributed by atoms with Gasteiger partial charge in [0.1, 0.15) is 11.6 Å². The van der Waals surface area contributed by atoms with Gasteiger partial charge >= 0.3 is 0 Å². The van der Waals surface area contributed by atoms with Gasteiger partial charge in [-0.1, -0.05) is 6.07 Å². The summed E-state index contributed by atoms with van der Waals surface area (Å²) in [5.74, 6) is -1.18. The molecular formula is C15H19F2N3. The van der Waals surface area contributed by atoms with Gasteiger partial charge in [-0.3, -0.25) is 4.68 Å². The van der Waals surface area contributed by atoms with Crippen LogP contribution in [0.3, 0.4) is 0 Å². The lowest BCUT2D eigenvalue weighted by molar-refractivity contribution is 0.505. The van der Waals surface area contributed by atoms with Crippen molar-refractivity contribution in [3.8, 4) is 0 Å². The molecule has 1 unspecified atom stereocenters. The lowest BCUT2D eigenvalue weighted by atomic mass is 9.99. The molecule has 0 bridgehead atoms. The zero-order valence-electron chi connectivity index (χ0n) is 11.9. The fourth-order valence-electron chi connectivity index (χ4n) is 2.12. The maximum Gasteiger partial charge on any atom is 0.133 e. The summed E-state index contributed by atoms with van der Waals surface area (Å²) in [7, 11) is 0. The van der Waals surface area contributed by atoms with Crippen LogP contribution in [0.1, 0.15) is 42.8 Å². The van der Waals surface area contributed by atoms with Crippen molar-refractivity contribution in [1.82, 2.24) is 9.78 Å². The smallest absolute Gasteiger partial charge is 0.133 e. The van der Waals surface area contributed by atoms with E-state index in [1.807, 2.05) is 26.1 Å². The van der Waals surface area contributed by atoms with Gasteiger partial charge in [0.25, 0.3) is 0 Å². The van der Waals surface area contributed by atoms with Gasteiger partial charge in [-0.25, -0.2) is 8.78 Å². The van der Waals surface area contributed by atoms with E-state index in [9.17, 15) is 8.78 Å². The Labute approximate surface area is 117 Å². The second-order valence-electron chi connectivity index (χ2n) is 5.28. The van der Waals surface area contributed by atoms with Crippen LogP contribution in [-0.4, -0.2) is 9.78 Å². The molecule has 1 atom stereocenters. The fourth-order valence-corrected chi connectivity index (χ4v) is 2.12. The van der Waals surface area contributed by atoms with E-state index in [4.69, 9.17) is 5.73 Å². The van der Waals surface area contributed by atoms with E-state index in [1.54, 1.807) is 11.6 Å². The predicted octanol–water partition coefficient (Wildman–Crippen LogP) is 3.29. The number of rotatable bonds is 4. The number of aryl methyl sites for hydroxylation is 1. The second kappa shape index (κ2) is 5.71. The molecule has 2 N–H and O–H groups in total. The Kier molecular flexibility index (Phi) is 4.18. The zero-order valence-corrected chi connectivity index (χ0v) is 11.9. The van der Waals surface area contributed by atoms with Gasteiger partial charge in [-0.15, -0.1) is 0 Å². The van der Waals surface area contributed by atoms with E-state index in [0.717, 1.165) is 5.69 Å². The van der Waals surface area contributed by atoms with Crippen molar-refractivity contribution < 1.29 is 8.78 Å². The van der Waals surface area contributed by atoms with Gasteiger partial charge in [-0.05, 0) is 38.5 Å². The first-order chi connectivity index (χ1) is 9.40. The molecule has 0 radical (unpaired) electrons. The molecule has 2 aromatic rings.